The van der Waals surface area contributed by atoms with Gasteiger partial charge in [-0.25, -0.2) is 0 Å². The van der Waals surface area contributed by atoms with E-state index in [2.05, 4.69) is 43.8 Å². The molecule has 0 bridgehead atoms. The van der Waals surface area contributed by atoms with Gasteiger partial charge in [-0.15, -0.1) is 0 Å². The molecule has 0 fully saturated rings. The number of hydrogen-bond acceptors (Lipinski definition) is 1. The molecule has 0 aromatic heterocycles. The molecule has 2 nitrogen and oxygen atoms in total. The lowest BCUT2D eigenvalue weighted by molar-refractivity contribution is -0.138. The van der Waals surface area contributed by atoms with Crippen LogP contribution in [-0.4, -0.2) is 16.9 Å². The number of hydrogen-bond donors (Lipinski definition) is 1. The first-order chi connectivity index (χ1) is 8.86. The molecule has 1 N–H and O–H groups in total. The zero-order valence-corrected chi connectivity index (χ0v) is 13.6. The van der Waals surface area contributed by atoms with Gasteiger partial charge < -0.3 is 5.32 Å². The average molecular weight is 450 g/mol. The largest absolute Gasteiger partial charge is 0.417 e. The van der Waals surface area contributed by atoms with Gasteiger partial charge in [0.1, 0.15) is 0 Å². The van der Waals surface area contributed by atoms with Crippen molar-refractivity contribution in [3.05, 3.63) is 33.8 Å². The Kier molecular flexibility index (Phi) is 6.58. The minimum absolute atomic E-state index is 0.0185. The molecule has 0 saturated carbocycles. The van der Waals surface area contributed by atoms with E-state index >= 15 is 0 Å². The summed E-state index contributed by atoms with van der Waals surface area (Å²) in [5.41, 5.74) is -0.822. The molecule has 0 heterocycles. The highest BCUT2D eigenvalue weighted by Gasteiger charge is 2.33. The number of alkyl halides is 4. The van der Waals surface area contributed by atoms with Crippen LogP contribution in [0.2, 0.25) is 0 Å². The maximum atomic E-state index is 12.7. The second-order valence-corrected chi connectivity index (χ2v) is 5.78. The Bertz CT molecular complexity index is 451. The predicted molar refractivity (Wildman–Crippen MR) is 79.6 cm³/mol. The zero-order chi connectivity index (χ0) is 14.5. The molecule has 0 radical (unpaired) electrons. The Morgan fingerprint density at radius 2 is 2.00 bits per heavy atom. The van der Waals surface area contributed by atoms with E-state index in [9.17, 15) is 18.0 Å². The third-order valence-electron chi connectivity index (χ3n) is 2.38. The van der Waals surface area contributed by atoms with Crippen LogP contribution in [0.25, 0.3) is 0 Å². The average Bonchev–Trinajstić information content (AvgIpc) is 2.33. The molecule has 0 unspecified atom stereocenters. The Morgan fingerprint density at radius 3 is 2.58 bits per heavy atom. The van der Waals surface area contributed by atoms with Crippen molar-refractivity contribution >= 4 is 44.4 Å². The van der Waals surface area contributed by atoms with Crippen molar-refractivity contribution in [3.63, 3.8) is 0 Å². The van der Waals surface area contributed by atoms with E-state index in [1.54, 1.807) is 0 Å². The standard InChI is InChI=1S/C12H12BrF3INO/c13-10-4-3-8(7-9(10)12(14,15)16)11(19)18-6-2-1-5-17/h3-4,7H,1-2,5-6H2,(H,18,19). The van der Waals surface area contributed by atoms with Crippen LogP contribution in [-0.2, 0) is 6.18 Å². The quantitative estimate of drug-likeness (QED) is 0.402. The SMILES string of the molecule is O=C(NCCCCI)c1ccc(Br)c(C(F)(F)F)c1. The number of halogens is 5. The van der Waals surface area contributed by atoms with Crippen molar-refractivity contribution in [1.29, 1.82) is 0 Å². The Morgan fingerprint density at radius 1 is 1.32 bits per heavy atom. The number of carbonyl (C=O) groups is 1. The fourth-order valence-electron chi connectivity index (χ4n) is 1.41. The molecule has 106 valence electrons. The molecule has 0 aliphatic heterocycles. The van der Waals surface area contributed by atoms with Gasteiger partial charge in [-0.3, -0.25) is 4.79 Å². The van der Waals surface area contributed by atoms with Crippen molar-refractivity contribution < 1.29 is 18.0 Å². The summed E-state index contributed by atoms with van der Waals surface area (Å²) in [6, 6.07) is 3.47. The smallest absolute Gasteiger partial charge is 0.352 e. The summed E-state index contributed by atoms with van der Waals surface area (Å²) in [4.78, 5) is 11.7. The number of nitrogens with one attached hydrogen (secondary N) is 1. The summed E-state index contributed by atoms with van der Waals surface area (Å²) in [7, 11) is 0. The Labute approximate surface area is 131 Å². The molecule has 0 saturated heterocycles. The van der Waals surface area contributed by atoms with Gasteiger partial charge in [0.25, 0.3) is 5.91 Å². The van der Waals surface area contributed by atoms with Gasteiger partial charge in [0.05, 0.1) is 5.56 Å². The highest BCUT2D eigenvalue weighted by Crippen LogP contribution is 2.35. The summed E-state index contributed by atoms with van der Waals surface area (Å²) >= 11 is 5.07. The molecule has 0 aliphatic rings. The van der Waals surface area contributed by atoms with E-state index in [0.29, 0.717) is 6.54 Å². The summed E-state index contributed by atoms with van der Waals surface area (Å²) in [6.07, 6.45) is -2.69. The van der Waals surface area contributed by atoms with Crippen LogP contribution in [0.3, 0.4) is 0 Å². The number of unbranched alkanes of at least 4 members (excludes halogenated alkanes) is 1. The van der Waals surface area contributed by atoms with Crippen LogP contribution < -0.4 is 5.32 Å². The third-order valence-corrected chi connectivity index (χ3v) is 3.83. The molecule has 1 aromatic carbocycles. The third kappa shape index (κ3) is 5.29. The van der Waals surface area contributed by atoms with Crippen LogP contribution in [0.1, 0.15) is 28.8 Å². The van der Waals surface area contributed by atoms with Gasteiger partial charge in [0.15, 0.2) is 0 Å². The van der Waals surface area contributed by atoms with Crippen LogP contribution in [0.5, 0.6) is 0 Å². The molecule has 19 heavy (non-hydrogen) atoms. The predicted octanol–water partition coefficient (Wildman–Crippen LogP) is 4.41. The molecule has 1 amide bonds. The summed E-state index contributed by atoms with van der Waals surface area (Å²) < 4.78 is 39.0. The van der Waals surface area contributed by atoms with E-state index in [-0.39, 0.29) is 10.0 Å². The van der Waals surface area contributed by atoms with Crippen LogP contribution in [0, 0.1) is 0 Å². The van der Waals surface area contributed by atoms with E-state index in [1.807, 2.05) is 0 Å². The molecule has 0 spiro atoms. The maximum absolute atomic E-state index is 12.7. The van der Waals surface area contributed by atoms with Crippen LogP contribution in [0.15, 0.2) is 22.7 Å². The lowest BCUT2D eigenvalue weighted by Crippen LogP contribution is -2.25. The van der Waals surface area contributed by atoms with Crippen molar-refractivity contribution in [1.82, 2.24) is 5.32 Å². The first kappa shape index (κ1) is 16.7. The minimum atomic E-state index is -4.48. The highest BCUT2D eigenvalue weighted by atomic mass is 127. The van der Waals surface area contributed by atoms with Crippen molar-refractivity contribution in [2.45, 2.75) is 19.0 Å². The maximum Gasteiger partial charge on any atom is 0.417 e. The van der Waals surface area contributed by atoms with E-state index < -0.39 is 17.6 Å². The topological polar surface area (TPSA) is 29.1 Å². The van der Waals surface area contributed by atoms with Gasteiger partial charge in [-0.1, -0.05) is 38.5 Å². The van der Waals surface area contributed by atoms with E-state index in [4.69, 9.17) is 0 Å². The van der Waals surface area contributed by atoms with Gasteiger partial charge in [0.2, 0.25) is 0 Å². The fourth-order valence-corrected chi connectivity index (χ4v) is 2.42. The van der Waals surface area contributed by atoms with Gasteiger partial charge in [-0.05, 0) is 35.5 Å². The van der Waals surface area contributed by atoms with Crippen molar-refractivity contribution in [3.8, 4) is 0 Å². The van der Waals surface area contributed by atoms with Gasteiger partial charge in [-0.2, -0.15) is 13.2 Å². The Balaban J connectivity index is 2.76. The first-order valence-corrected chi connectivity index (χ1v) is 7.89. The minimum Gasteiger partial charge on any atom is -0.352 e. The van der Waals surface area contributed by atoms with Crippen molar-refractivity contribution in [2.75, 3.05) is 11.0 Å². The lowest BCUT2D eigenvalue weighted by Gasteiger charge is -2.11. The summed E-state index contributed by atoms with van der Waals surface area (Å²) in [5, 5.41) is 2.61. The second-order valence-electron chi connectivity index (χ2n) is 3.84. The Hall–Kier alpha value is -0.310. The lowest BCUT2D eigenvalue weighted by atomic mass is 10.1. The molecule has 0 atom stereocenters. The molecule has 0 aliphatic carbocycles. The van der Waals surface area contributed by atoms with Crippen LogP contribution in [0.4, 0.5) is 13.2 Å². The van der Waals surface area contributed by atoms with Crippen molar-refractivity contribution in [2.24, 2.45) is 0 Å². The molecule has 7 heteroatoms. The first-order valence-electron chi connectivity index (χ1n) is 5.57. The van der Waals surface area contributed by atoms with Gasteiger partial charge >= 0.3 is 6.18 Å². The number of amides is 1. The van der Waals surface area contributed by atoms with E-state index in [0.717, 1.165) is 23.3 Å². The monoisotopic (exact) mass is 449 g/mol. The molecule has 1 aromatic rings. The zero-order valence-electron chi connectivity index (χ0n) is 9.86. The summed E-state index contributed by atoms with van der Waals surface area (Å²) in [6.45, 7) is 0.471. The highest BCUT2D eigenvalue weighted by molar-refractivity contribution is 14.1. The van der Waals surface area contributed by atoms with Gasteiger partial charge in [0, 0.05) is 16.6 Å². The number of benzene rings is 1. The van der Waals surface area contributed by atoms with E-state index in [1.165, 1.54) is 12.1 Å². The van der Waals surface area contributed by atoms with Crippen LogP contribution >= 0.6 is 38.5 Å². The second kappa shape index (κ2) is 7.47. The molecular weight excluding hydrogens is 438 g/mol. The normalized spacial score (nSPS) is 11.4. The number of carbonyl (C=O) groups excluding carboxylic acids is 1. The molecule has 1 rings (SSSR count). The molecular formula is C12H12BrF3INO. The summed E-state index contributed by atoms with van der Waals surface area (Å²) in [5.74, 6) is -0.480. The number of rotatable bonds is 5. The fraction of sp³-hybridized carbons (Fsp3) is 0.417.